The van der Waals surface area contributed by atoms with Crippen molar-refractivity contribution in [2.45, 2.75) is 4.90 Å². The zero-order valence-corrected chi connectivity index (χ0v) is 15.4. The first-order chi connectivity index (χ1) is 9.70. The topological polar surface area (TPSA) is 98.0 Å². The molecule has 6 nitrogen and oxygen atoms in total. The summed E-state index contributed by atoms with van der Waals surface area (Å²) in [5.74, 6) is 0.00335. The fourth-order valence-electron chi connectivity index (χ4n) is 1.46. The van der Waals surface area contributed by atoms with E-state index in [4.69, 9.17) is 28.9 Å². The molecule has 1 aromatic carbocycles. The maximum absolute atomic E-state index is 12.4. The number of sulfonamides is 1. The van der Waals surface area contributed by atoms with E-state index in [1.807, 2.05) is 0 Å². The Labute approximate surface area is 147 Å². The van der Waals surface area contributed by atoms with E-state index in [-0.39, 0.29) is 31.0 Å². The van der Waals surface area contributed by atoms with Gasteiger partial charge in [-0.1, -0.05) is 23.2 Å². The van der Waals surface area contributed by atoms with Crippen LogP contribution in [-0.4, -0.2) is 18.4 Å². The first-order valence-electron chi connectivity index (χ1n) is 5.16. The molecule has 0 radical (unpaired) electrons. The van der Waals surface area contributed by atoms with Crippen LogP contribution in [0.1, 0.15) is 0 Å². The summed E-state index contributed by atoms with van der Waals surface area (Å²) in [6.45, 7) is 0. The molecule has 3 N–H and O–H groups in total. The van der Waals surface area contributed by atoms with Gasteiger partial charge in [-0.25, -0.2) is 18.4 Å². The van der Waals surface area contributed by atoms with Crippen molar-refractivity contribution in [1.29, 1.82) is 0 Å². The Balaban J connectivity index is 2.48. The Morgan fingerprint density at radius 2 is 1.90 bits per heavy atom. The molecule has 1 heterocycles. The van der Waals surface area contributed by atoms with Crippen LogP contribution >= 0.6 is 55.1 Å². The molecule has 0 fully saturated rings. The highest BCUT2D eigenvalue weighted by molar-refractivity contribution is 9.11. The second kappa shape index (κ2) is 6.25. The van der Waals surface area contributed by atoms with Crippen LogP contribution in [0.5, 0.6) is 0 Å². The molecule has 1 aromatic heterocycles. The predicted molar refractivity (Wildman–Crippen MR) is 89.1 cm³/mol. The highest BCUT2D eigenvalue weighted by Crippen LogP contribution is 2.33. The van der Waals surface area contributed by atoms with E-state index in [0.717, 1.165) is 0 Å². The zero-order chi connectivity index (χ0) is 15.8. The molecule has 0 aliphatic rings. The van der Waals surface area contributed by atoms with Gasteiger partial charge in [0.1, 0.15) is 9.50 Å². The van der Waals surface area contributed by atoms with E-state index >= 15 is 0 Å². The van der Waals surface area contributed by atoms with Crippen LogP contribution in [0.25, 0.3) is 0 Å². The third-order valence-electron chi connectivity index (χ3n) is 2.24. The Morgan fingerprint density at radius 3 is 2.48 bits per heavy atom. The molecule has 0 unspecified atom stereocenters. The SMILES string of the molecule is Nc1cc(Cl)cc(Cl)c1S(=O)(=O)Nc1ncc(Br)nc1Br. The molecule has 0 atom stereocenters. The third-order valence-corrected chi connectivity index (χ3v) is 5.26. The van der Waals surface area contributed by atoms with Crippen molar-refractivity contribution < 1.29 is 8.42 Å². The Morgan fingerprint density at radius 1 is 1.24 bits per heavy atom. The minimum Gasteiger partial charge on any atom is -0.398 e. The summed E-state index contributed by atoms with van der Waals surface area (Å²) >= 11 is 17.9. The van der Waals surface area contributed by atoms with E-state index in [9.17, 15) is 8.42 Å². The number of hydrogen-bond donors (Lipinski definition) is 2. The van der Waals surface area contributed by atoms with Crippen molar-refractivity contribution in [3.05, 3.63) is 37.6 Å². The van der Waals surface area contributed by atoms with E-state index in [0.29, 0.717) is 4.60 Å². The van der Waals surface area contributed by atoms with Crippen LogP contribution in [-0.2, 0) is 10.0 Å². The van der Waals surface area contributed by atoms with E-state index in [2.05, 4.69) is 46.5 Å². The lowest BCUT2D eigenvalue weighted by Gasteiger charge is -2.12. The second-order valence-electron chi connectivity index (χ2n) is 3.74. The highest BCUT2D eigenvalue weighted by Gasteiger charge is 2.23. The average molecular weight is 477 g/mol. The van der Waals surface area contributed by atoms with Crippen LogP contribution in [0, 0.1) is 0 Å². The van der Waals surface area contributed by atoms with E-state index in [1.54, 1.807) is 0 Å². The summed E-state index contributed by atoms with van der Waals surface area (Å²) in [7, 11) is -4.04. The number of hydrogen-bond acceptors (Lipinski definition) is 5. The van der Waals surface area contributed by atoms with Crippen molar-refractivity contribution in [2.24, 2.45) is 0 Å². The molecular formula is C10H6Br2Cl2N4O2S. The van der Waals surface area contributed by atoms with Crippen LogP contribution in [0.2, 0.25) is 10.0 Å². The van der Waals surface area contributed by atoms with Crippen LogP contribution in [0.4, 0.5) is 11.5 Å². The first kappa shape index (κ1) is 16.8. The van der Waals surface area contributed by atoms with E-state index < -0.39 is 10.0 Å². The summed E-state index contributed by atoms with van der Waals surface area (Å²) < 4.78 is 27.7. The van der Waals surface area contributed by atoms with Gasteiger partial charge in [0, 0.05) is 5.02 Å². The molecule has 0 aliphatic heterocycles. The fraction of sp³-hybridized carbons (Fsp3) is 0. The van der Waals surface area contributed by atoms with Gasteiger partial charge in [0.2, 0.25) is 0 Å². The van der Waals surface area contributed by atoms with Crippen LogP contribution < -0.4 is 10.5 Å². The van der Waals surface area contributed by atoms with Gasteiger partial charge in [-0.05, 0) is 44.0 Å². The molecule has 112 valence electrons. The maximum Gasteiger partial charge on any atom is 0.266 e. The number of halogens is 4. The van der Waals surface area contributed by atoms with Gasteiger partial charge in [-0.3, -0.25) is 4.72 Å². The molecule has 2 aromatic rings. The second-order valence-corrected chi connectivity index (χ2v) is 7.77. The number of nitrogens with one attached hydrogen (secondary N) is 1. The molecule has 0 aliphatic carbocycles. The predicted octanol–water partition coefficient (Wildman–Crippen LogP) is 3.69. The number of nitrogen functional groups attached to an aromatic ring is 1. The van der Waals surface area contributed by atoms with Gasteiger partial charge < -0.3 is 5.73 Å². The number of aromatic nitrogens is 2. The number of nitrogens with zero attached hydrogens (tertiary/aromatic N) is 2. The van der Waals surface area contributed by atoms with Gasteiger partial charge in [-0.15, -0.1) is 0 Å². The van der Waals surface area contributed by atoms with Crippen molar-refractivity contribution in [3.8, 4) is 0 Å². The minimum atomic E-state index is -4.04. The lowest BCUT2D eigenvalue weighted by Crippen LogP contribution is -2.17. The Kier molecular flexibility index (Phi) is 4.99. The number of anilines is 2. The first-order valence-corrected chi connectivity index (χ1v) is 8.98. The molecule has 21 heavy (non-hydrogen) atoms. The Hall–Kier alpha value is -0.610. The standard InChI is InChI=1S/C10H6Br2Cl2N4O2S/c11-7-3-16-10(9(12)17-7)18-21(19,20)8-5(14)1-4(13)2-6(8)15/h1-3H,15H2,(H,16,18). The molecule has 0 saturated carbocycles. The molecule has 0 saturated heterocycles. The summed E-state index contributed by atoms with van der Waals surface area (Å²) in [6, 6.07) is 2.58. The van der Waals surface area contributed by atoms with Gasteiger partial charge >= 0.3 is 0 Å². The molecule has 0 bridgehead atoms. The van der Waals surface area contributed by atoms with E-state index in [1.165, 1.54) is 18.3 Å². The fourth-order valence-corrected chi connectivity index (χ4v) is 4.50. The Bertz CT molecular complexity index is 794. The van der Waals surface area contributed by atoms with Crippen molar-refractivity contribution in [3.63, 3.8) is 0 Å². The molecule has 2 rings (SSSR count). The summed E-state index contributed by atoms with van der Waals surface area (Å²) in [5, 5.41) is 0.148. The van der Waals surface area contributed by atoms with Crippen molar-refractivity contribution in [2.75, 3.05) is 10.5 Å². The lowest BCUT2D eigenvalue weighted by molar-refractivity contribution is 0.601. The maximum atomic E-state index is 12.4. The van der Waals surface area contributed by atoms with Crippen molar-refractivity contribution >= 4 is 76.6 Å². The van der Waals surface area contributed by atoms with Crippen LogP contribution in [0.3, 0.4) is 0 Å². The van der Waals surface area contributed by atoms with Gasteiger partial charge in [0.25, 0.3) is 10.0 Å². The largest absolute Gasteiger partial charge is 0.398 e. The summed E-state index contributed by atoms with van der Waals surface area (Å²) in [5.41, 5.74) is 5.61. The normalized spacial score (nSPS) is 11.4. The molecule has 11 heteroatoms. The quantitative estimate of drug-likeness (QED) is 0.658. The van der Waals surface area contributed by atoms with Crippen LogP contribution in [0.15, 0.2) is 32.4 Å². The third kappa shape index (κ3) is 3.78. The molecule has 0 spiro atoms. The molecule has 0 amide bonds. The van der Waals surface area contributed by atoms with Gasteiger partial charge in [-0.2, -0.15) is 0 Å². The summed E-state index contributed by atoms with van der Waals surface area (Å²) in [4.78, 5) is 7.60. The monoisotopic (exact) mass is 474 g/mol. The number of nitrogens with two attached hydrogens (primary N) is 1. The average Bonchev–Trinajstić information content (AvgIpc) is 2.30. The molecular weight excluding hydrogens is 471 g/mol. The van der Waals surface area contributed by atoms with Crippen molar-refractivity contribution in [1.82, 2.24) is 9.97 Å². The minimum absolute atomic E-state index is 0.00335. The zero-order valence-electron chi connectivity index (χ0n) is 9.94. The summed E-state index contributed by atoms with van der Waals surface area (Å²) in [6.07, 6.45) is 1.34. The highest BCUT2D eigenvalue weighted by atomic mass is 79.9. The smallest absolute Gasteiger partial charge is 0.266 e. The number of benzene rings is 1. The number of rotatable bonds is 3. The van der Waals surface area contributed by atoms with Gasteiger partial charge in [0.15, 0.2) is 10.4 Å². The van der Waals surface area contributed by atoms with Gasteiger partial charge in [0.05, 0.1) is 16.9 Å². The lowest BCUT2D eigenvalue weighted by atomic mass is 10.3.